The maximum absolute atomic E-state index is 3.63. The number of nitrogens with one attached hydrogen (secondary N) is 1. The summed E-state index contributed by atoms with van der Waals surface area (Å²) in [5.74, 6) is 0. The summed E-state index contributed by atoms with van der Waals surface area (Å²) in [6, 6.07) is 2.91. The Bertz CT molecular complexity index is 167. The lowest BCUT2D eigenvalue weighted by molar-refractivity contribution is 0.319. The van der Waals surface area contributed by atoms with Crippen LogP contribution in [0.2, 0.25) is 12.1 Å². The van der Waals surface area contributed by atoms with Gasteiger partial charge in [0.05, 0.1) is 8.80 Å². The normalized spacial score (nSPS) is 22.1. The van der Waals surface area contributed by atoms with Crippen molar-refractivity contribution < 1.29 is 0 Å². The van der Waals surface area contributed by atoms with Crippen LogP contribution in [0.4, 0.5) is 0 Å². The average molecular weight is 213 g/mol. The highest BCUT2D eigenvalue weighted by molar-refractivity contribution is 6.63. The van der Waals surface area contributed by atoms with E-state index < -0.39 is 0 Å². The molecule has 1 aliphatic rings. The quantitative estimate of drug-likeness (QED) is 0.700. The van der Waals surface area contributed by atoms with Gasteiger partial charge < -0.3 is 10.2 Å². The maximum Gasteiger partial charge on any atom is 0.0748 e. The van der Waals surface area contributed by atoms with Gasteiger partial charge in [-0.25, -0.2) is 0 Å². The fraction of sp³-hybridized carbons (Fsp3) is 1.00. The Kier molecular flexibility index (Phi) is 4.61. The van der Waals surface area contributed by atoms with E-state index >= 15 is 0 Å². The second-order valence-electron chi connectivity index (χ2n) is 4.68. The minimum absolute atomic E-state index is 0.156. The molecule has 0 bridgehead atoms. The fourth-order valence-electron chi connectivity index (χ4n) is 2.23. The van der Waals surface area contributed by atoms with Crippen LogP contribution in [0.3, 0.4) is 0 Å². The molecule has 1 heterocycles. The van der Waals surface area contributed by atoms with E-state index in [9.17, 15) is 0 Å². The standard InChI is InChI=1S/C11H25N2Si/c1-5-13(6-2)8-10-14-9-7-12-11(14,3)4/h12H,5-10H2,1-4H3. The summed E-state index contributed by atoms with van der Waals surface area (Å²) >= 11 is 0. The zero-order valence-electron chi connectivity index (χ0n) is 10.2. The van der Waals surface area contributed by atoms with Crippen LogP contribution in [-0.4, -0.2) is 45.0 Å². The highest BCUT2D eigenvalue weighted by Crippen LogP contribution is 2.21. The fourth-order valence-corrected chi connectivity index (χ4v) is 5.12. The maximum atomic E-state index is 3.63. The number of rotatable bonds is 5. The molecule has 0 aromatic carbocycles. The van der Waals surface area contributed by atoms with Gasteiger partial charge in [0.2, 0.25) is 0 Å². The summed E-state index contributed by atoms with van der Waals surface area (Å²) in [4.78, 5) is 2.55. The smallest absolute Gasteiger partial charge is 0.0748 e. The van der Waals surface area contributed by atoms with Gasteiger partial charge in [0.1, 0.15) is 0 Å². The van der Waals surface area contributed by atoms with Gasteiger partial charge in [0.15, 0.2) is 0 Å². The Balaban J connectivity index is 2.30. The Morgan fingerprint density at radius 2 is 1.93 bits per heavy atom. The van der Waals surface area contributed by atoms with Gasteiger partial charge in [-0.15, -0.1) is 0 Å². The monoisotopic (exact) mass is 213 g/mol. The van der Waals surface area contributed by atoms with Crippen molar-refractivity contribution in [2.75, 3.05) is 26.2 Å². The van der Waals surface area contributed by atoms with Gasteiger partial charge >= 0.3 is 0 Å². The van der Waals surface area contributed by atoms with Crippen LogP contribution in [0.25, 0.3) is 0 Å². The van der Waals surface area contributed by atoms with Crippen molar-refractivity contribution in [3.63, 3.8) is 0 Å². The Morgan fingerprint density at radius 3 is 2.36 bits per heavy atom. The molecule has 0 atom stereocenters. The topological polar surface area (TPSA) is 15.3 Å². The van der Waals surface area contributed by atoms with Crippen molar-refractivity contribution in [3.05, 3.63) is 0 Å². The molecule has 1 aliphatic heterocycles. The largest absolute Gasteiger partial charge is 0.315 e. The molecule has 83 valence electrons. The summed E-state index contributed by atoms with van der Waals surface area (Å²) in [7, 11) is -0.156. The SMILES string of the molecule is CCN(CC)CC[Si]1CCNC1(C)C. The predicted octanol–water partition coefficient (Wildman–Crippen LogP) is 1.74. The lowest BCUT2D eigenvalue weighted by Gasteiger charge is -2.28. The van der Waals surface area contributed by atoms with Crippen molar-refractivity contribution in [2.45, 2.75) is 44.9 Å². The predicted molar refractivity (Wildman–Crippen MR) is 65.2 cm³/mol. The number of hydrogen-bond acceptors (Lipinski definition) is 2. The molecule has 1 saturated heterocycles. The molecule has 1 N–H and O–H groups in total. The molecule has 0 aromatic heterocycles. The summed E-state index contributed by atoms with van der Waals surface area (Å²) in [5, 5.41) is 4.10. The van der Waals surface area contributed by atoms with Gasteiger partial charge in [-0.3, -0.25) is 0 Å². The van der Waals surface area contributed by atoms with Gasteiger partial charge in [0.25, 0.3) is 0 Å². The van der Waals surface area contributed by atoms with Crippen molar-refractivity contribution in [2.24, 2.45) is 0 Å². The van der Waals surface area contributed by atoms with Crippen LogP contribution in [-0.2, 0) is 0 Å². The van der Waals surface area contributed by atoms with Gasteiger partial charge in [-0.2, -0.15) is 0 Å². The Morgan fingerprint density at radius 1 is 1.29 bits per heavy atom. The molecule has 3 heteroatoms. The Labute approximate surface area is 90.7 Å². The molecule has 0 saturated carbocycles. The summed E-state index contributed by atoms with van der Waals surface area (Å²) in [6.45, 7) is 14.3. The first-order valence-corrected chi connectivity index (χ1v) is 7.84. The van der Waals surface area contributed by atoms with E-state index in [0.717, 1.165) is 0 Å². The summed E-state index contributed by atoms with van der Waals surface area (Å²) < 4.78 is 0. The van der Waals surface area contributed by atoms with Crippen LogP contribution < -0.4 is 5.32 Å². The number of nitrogens with zero attached hydrogens (tertiary/aromatic N) is 1. The lowest BCUT2D eigenvalue weighted by atomic mass is 10.4. The van der Waals surface area contributed by atoms with Crippen LogP contribution in [0, 0.1) is 0 Å². The minimum Gasteiger partial charge on any atom is -0.315 e. The molecule has 0 aliphatic carbocycles. The highest BCUT2D eigenvalue weighted by Gasteiger charge is 2.35. The lowest BCUT2D eigenvalue weighted by Crippen LogP contribution is -2.45. The molecule has 0 aromatic rings. The second kappa shape index (κ2) is 5.28. The Hall–Kier alpha value is 0.137. The van der Waals surface area contributed by atoms with Crippen LogP contribution in [0.1, 0.15) is 27.7 Å². The molecular weight excluding hydrogens is 188 g/mol. The zero-order chi connectivity index (χ0) is 10.6. The van der Waals surface area contributed by atoms with Crippen molar-refractivity contribution in [3.8, 4) is 0 Å². The summed E-state index contributed by atoms with van der Waals surface area (Å²) in [6.07, 6.45) is 0. The molecule has 1 radical (unpaired) electrons. The van der Waals surface area contributed by atoms with Crippen molar-refractivity contribution in [1.29, 1.82) is 0 Å². The van der Waals surface area contributed by atoms with E-state index in [4.69, 9.17) is 0 Å². The molecular formula is C11H25N2Si. The van der Waals surface area contributed by atoms with Crippen LogP contribution in [0.5, 0.6) is 0 Å². The molecule has 1 fully saturated rings. The van der Waals surface area contributed by atoms with Gasteiger partial charge in [0, 0.05) is 5.16 Å². The van der Waals surface area contributed by atoms with Crippen LogP contribution in [0.15, 0.2) is 0 Å². The first-order chi connectivity index (χ1) is 6.60. The third-order valence-electron chi connectivity index (χ3n) is 3.50. The number of hydrogen-bond donors (Lipinski definition) is 1. The zero-order valence-corrected chi connectivity index (χ0v) is 11.2. The van der Waals surface area contributed by atoms with Crippen molar-refractivity contribution >= 4 is 8.80 Å². The minimum atomic E-state index is -0.156. The average Bonchev–Trinajstić information content (AvgIpc) is 2.47. The molecule has 1 rings (SSSR count). The molecule has 2 nitrogen and oxygen atoms in total. The second-order valence-corrected chi connectivity index (χ2v) is 8.14. The van der Waals surface area contributed by atoms with E-state index in [2.05, 4.69) is 37.9 Å². The van der Waals surface area contributed by atoms with Crippen molar-refractivity contribution in [1.82, 2.24) is 10.2 Å². The first kappa shape index (κ1) is 12.2. The third-order valence-corrected chi connectivity index (χ3v) is 7.13. The molecule has 14 heavy (non-hydrogen) atoms. The van der Waals surface area contributed by atoms with E-state index in [1.165, 1.54) is 38.3 Å². The summed E-state index contributed by atoms with van der Waals surface area (Å²) in [5.41, 5.74) is 0. The van der Waals surface area contributed by atoms with E-state index in [0.29, 0.717) is 5.16 Å². The van der Waals surface area contributed by atoms with Crippen LogP contribution >= 0.6 is 0 Å². The van der Waals surface area contributed by atoms with E-state index in [1.807, 2.05) is 0 Å². The van der Waals surface area contributed by atoms with E-state index in [-0.39, 0.29) is 8.80 Å². The van der Waals surface area contributed by atoms with E-state index in [1.54, 1.807) is 0 Å². The van der Waals surface area contributed by atoms with Gasteiger partial charge in [-0.05, 0) is 38.3 Å². The van der Waals surface area contributed by atoms with Gasteiger partial charge in [-0.1, -0.05) is 27.7 Å². The molecule has 0 amide bonds. The molecule has 0 spiro atoms. The first-order valence-electron chi connectivity index (χ1n) is 5.92. The highest BCUT2D eigenvalue weighted by atomic mass is 28.3. The molecule has 0 unspecified atom stereocenters. The third kappa shape index (κ3) is 3.07.